The fourth-order valence-electron chi connectivity index (χ4n) is 1.71. The van der Waals surface area contributed by atoms with E-state index in [0.29, 0.717) is 10.9 Å². The smallest absolute Gasteiger partial charge is 0.294 e. The number of aromatic nitrogens is 2. The summed E-state index contributed by atoms with van der Waals surface area (Å²) in [5.74, 6) is -0.324. The highest BCUT2D eigenvalue weighted by Gasteiger charge is 2.23. The fraction of sp³-hybridized carbons (Fsp3) is 0.200. The molecule has 0 aliphatic heterocycles. The molecular formula is C10H9N3O3. The van der Waals surface area contributed by atoms with Gasteiger partial charge in [0.05, 0.1) is 16.7 Å². The highest BCUT2D eigenvalue weighted by Crippen LogP contribution is 2.29. The molecule has 0 spiro atoms. The van der Waals surface area contributed by atoms with E-state index < -0.39 is 4.92 Å². The largest absolute Gasteiger partial charge is 0.305 e. The van der Waals surface area contributed by atoms with E-state index in [1.807, 2.05) is 0 Å². The number of nitrogens with zero attached hydrogens (tertiary/aromatic N) is 3. The van der Waals surface area contributed by atoms with Gasteiger partial charge in [0.25, 0.3) is 0 Å². The summed E-state index contributed by atoms with van der Waals surface area (Å²) < 4.78 is 1.40. The third-order valence-electron chi connectivity index (χ3n) is 2.44. The van der Waals surface area contributed by atoms with E-state index >= 15 is 0 Å². The second-order valence-electron chi connectivity index (χ2n) is 3.48. The molecule has 0 fully saturated rings. The zero-order valence-corrected chi connectivity index (χ0v) is 8.80. The molecule has 6 nitrogen and oxygen atoms in total. The van der Waals surface area contributed by atoms with Gasteiger partial charge in [0.2, 0.25) is 0 Å². The molecule has 0 aliphatic rings. The predicted molar refractivity (Wildman–Crippen MR) is 57.4 cm³/mol. The Balaban J connectivity index is 2.94. The zero-order chi connectivity index (χ0) is 11.9. The van der Waals surface area contributed by atoms with Crippen molar-refractivity contribution in [2.45, 2.75) is 6.92 Å². The van der Waals surface area contributed by atoms with E-state index in [0.717, 1.165) is 0 Å². The van der Waals surface area contributed by atoms with E-state index in [2.05, 4.69) is 5.10 Å². The Morgan fingerprint density at radius 3 is 2.75 bits per heavy atom. The van der Waals surface area contributed by atoms with Crippen LogP contribution in [0.4, 0.5) is 5.69 Å². The molecule has 82 valence electrons. The number of nitro benzene ring substituents is 1. The number of rotatable bonds is 2. The van der Waals surface area contributed by atoms with Gasteiger partial charge in [-0.25, -0.2) is 0 Å². The van der Waals surface area contributed by atoms with Crippen LogP contribution in [0, 0.1) is 10.1 Å². The maximum atomic E-state index is 11.3. The molecule has 1 aromatic heterocycles. The highest BCUT2D eigenvalue weighted by molar-refractivity contribution is 6.04. The standard InChI is InChI=1S/C10H9N3O3/c1-6(14)8-4-3-7-5-11-12(2)9(7)10(8)13(15)16/h3-5H,1-2H3. The summed E-state index contributed by atoms with van der Waals surface area (Å²) in [6.45, 7) is 1.31. The normalized spacial score (nSPS) is 10.6. The SMILES string of the molecule is CC(=O)c1ccc2cnn(C)c2c1[N+](=O)[O-]. The van der Waals surface area contributed by atoms with Gasteiger partial charge in [-0.2, -0.15) is 5.10 Å². The molecule has 0 saturated heterocycles. The van der Waals surface area contributed by atoms with Gasteiger partial charge >= 0.3 is 5.69 Å². The molecule has 0 atom stereocenters. The topological polar surface area (TPSA) is 78.0 Å². The summed E-state index contributed by atoms with van der Waals surface area (Å²) in [5, 5.41) is 15.6. The van der Waals surface area contributed by atoms with Gasteiger partial charge in [0.1, 0.15) is 5.52 Å². The van der Waals surface area contributed by atoms with E-state index in [1.165, 1.54) is 23.9 Å². The van der Waals surface area contributed by atoms with Crippen molar-refractivity contribution in [3.8, 4) is 0 Å². The molecule has 2 aromatic rings. The van der Waals surface area contributed by atoms with Gasteiger partial charge in [-0.05, 0) is 19.1 Å². The zero-order valence-electron chi connectivity index (χ0n) is 8.80. The van der Waals surface area contributed by atoms with Crippen molar-refractivity contribution in [1.82, 2.24) is 9.78 Å². The Kier molecular flexibility index (Phi) is 2.19. The molecule has 0 N–H and O–H groups in total. The molecular weight excluding hydrogens is 210 g/mol. The molecule has 0 radical (unpaired) electrons. The first-order valence-corrected chi connectivity index (χ1v) is 4.62. The lowest BCUT2D eigenvalue weighted by Crippen LogP contribution is -2.03. The second-order valence-corrected chi connectivity index (χ2v) is 3.48. The Labute approximate surface area is 90.6 Å². The monoisotopic (exact) mass is 219 g/mol. The van der Waals surface area contributed by atoms with E-state index in [4.69, 9.17) is 0 Å². The third-order valence-corrected chi connectivity index (χ3v) is 2.44. The number of nitro groups is 1. The maximum absolute atomic E-state index is 11.3. The number of carbonyl (C=O) groups excluding carboxylic acids is 1. The number of aryl methyl sites for hydroxylation is 1. The minimum absolute atomic E-state index is 0.112. The summed E-state index contributed by atoms with van der Waals surface area (Å²) in [7, 11) is 1.61. The van der Waals surface area contributed by atoms with Gasteiger partial charge in [0.15, 0.2) is 5.78 Å². The first-order chi connectivity index (χ1) is 7.52. The van der Waals surface area contributed by atoms with Crippen LogP contribution in [0.2, 0.25) is 0 Å². The van der Waals surface area contributed by atoms with Crippen molar-refractivity contribution in [2.24, 2.45) is 7.05 Å². The quantitative estimate of drug-likeness (QED) is 0.437. The van der Waals surface area contributed by atoms with Crippen LogP contribution in [-0.2, 0) is 7.05 Å². The minimum atomic E-state index is -0.541. The molecule has 16 heavy (non-hydrogen) atoms. The van der Waals surface area contributed by atoms with Crippen molar-refractivity contribution in [3.63, 3.8) is 0 Å². The summed E-state index contributed by atoms with van der Waals surface area (Å²) in [5.41, 5.74) is 0.309. The lowest BCUT2D eigenvalue weighted by Gasteiger charge is -2.01. The Morgan fingerprint density at radius 2 is 2.19 bits per heavy atom. The number of carbonyl (C=O) groups is 1. The van der Waals surface area contributed by atoms with Crippen molar-refractivity contribution in [1.29, 1.82) is 0 Å². The molecule has 1 aromatic carbocycles. The van der Waals surface area contributed by atoms with Crippen LogP contribution in [0.15, 0.2) is 18.3 Å². The molecule has 1 heterocycles. The first-order valence-electron chi connectivity index (χ1n) is 4.62. The number of hydrogen-bond donors (Lipinski definition) is 0. The molecule has 0 saturated carbocycles. The van der Waals surface area contributed by atoms with Gasteiger partial charge < -0.3 is 0 Å². The third kappa shape index (κ3) is 1.35. The van der Waals surface area contributed by atoms with Crippen LogP contribution in [0.25, 0.3) is 10.9 Å². The second kappa shape index (κ2) is 3.41. The van der Waals surface area contributed by atoms with Crippen molar-refractivity contribution < 1.29 is 9.72 Å². The minimum Gasteiger partial charge on any atom is -0.294 e. The molecule has 0 amide bonds. The summed E-state index contributed by atoms with van der Waals surface area (Å²) in [6.07, 6.45) is 1.53. The van der Waals surface area contributed by atoms with Crippen molar-refractivity contribution >= 4 is 22.4 Å². The Morgan fingerprint density at radius 1 is 1.50 bits per heavy atom. The maximum Gasteiger partial charge on any atom is 0.305 e. The molecule has 2 rings (SSSR count). The number of fused-ring (bicyclic) bond motifs is 1. The van der Waals surface area contributed by atoms with Gasteiger partial charge in [-0.1, -0.05) is 0 Å². The van der Waals surface area contributed by atoms with Crippen LogP contribution in [-0.4, -0.2) is 20.5 Å². The summed E-state index contributed by atoms with van der Waals surface area (Å²) in [4.78, 5) is 21.8. The Bertz CT molecular complexity index is 601. The molecule has 6 heteroatoms. The summed E-state index contributed by atoms with van der Waals surface area (Å²) in [6, 6.07) is 3.12. The lowest BCUT2D eigenvalue weighted by molar-refractivity contribution is -0.383. The van der Waals surface area contributed by atoms with Crippen LogP contribution in [0.1, 0.15) is 17.3 Å². The summed E-state index contributed by atoms with van der Waals surface area (Å²) >= 11 is 0. The fourth-order valence-corrected chi connectivity index (χ4v) is 1.71. The Hall–Kier alpha value is -2.24. The van der Waals surface area contributed by atoms with Crippen LogP contribution >= 0.6 is 0 Å². The van der Waals surface area contributed by atoms with E-state index in [1.54, 1.807) is 13.1 Å². The van der Waals surface area contributed by atoms with Gasteiger partial charge in [-0.3, -0.25) is 19.6 Å². The van der Waals surface area contributed by atoms with Crippen LogP contribution in [0.3, 0.4) is 0 Å². The number of hydrogen-bond acceptors (Lipinski definition) is 4. The van der Waals surface area contributed by atoms with Crippen molar-refractivity contribution in [3.05, 3.63) is 34.0 Å². The van der Waals surface area contributed by atoms with E-state index in [9.17, 15) is 14.9 Å². The average molecular weight is 219 g/mol. The lowest BCUT2D eigenvalue weighted by atomic mass is 10.1. The van der Waals surface area contributed by atoms with E-state index in [-0.39, 0.29) is 17.0 Å². The van der Waals surface area contributed by atoms with Gasteiger partial charge in [-0.15, -0.1) is 0 Å². The van der Waals surface area contributed by atoms with Crippen LogP contribution < -0.4 is 0 Å². The first kappa shape index (κ1) is 10.3. The number of ketones is 1. The number of benzene rings is 1. The molecule has 0 unspecified atom stereocenters. The highest BCUT2D eigenvalue weighted by atomic mass is 16.6. The molecule has 0 aliphatic carbocycles. The molecule has 0 bridgehead atoms. The van der Waals surface area contributed by atoms with Crippen molar-refractivity contribution in [2.75, 3.05) is 0 Å². The number of Topliss-reactive ketones (excluding diaryl/α,β-unsaturated/α-hetero) is 1. The van der Waals surface area contributed by atoms with Gasteiger partial charge in [0, 0.05) is 12.4 Å². The van der Waals surface area contributed by atoms with Crippen LogP contribution in [0.5, 0.6) is 0 Å². The average Bonchev–Trinajstić information content (AvgIpc) is 2.59. The predicted octanol–water partition coefficient (Wildman–Crippen LogP) is 1.68.